The van der Waals surface area contributed by atoms with Crippen molar-refractivity contribution in [3.05, 3.63) is 30.1 Å². The van der Waals surface area contributed by atoms with Crippen LogP contribution in [0.2, 0.25) is 0 Å². The molecule has 0 bridgehead atoms. The van der Waals surface area contributed by atoms with Crippen LogP contribution < -0.4 is 0 Å². The van der Waals surface area contributed by atoms with Gasteiger partial charge in [-0.25, -0.2) is 4.98 Å². The van der Waals surface area contributed by atoms with Crippen molar-refractivity contribution in [1.82, 2.24) is 9.55 Å². The average molecular weight is 300 g/mol. The van der Waals surface area contributed by atoms with E-state index in [2.05, 4.69) is 9.72 Å². The number of carbonyl (C=O) groups is 1. The summed E-state index contributed by atoms with van der Waals surface area (Å²) in [6.07, 6.45) is -4.46. The zero-order valence-electron chi connectivity index (χ0n) is 11.5. The summed E-state index contributed by atoms with van der Waals surface area (Å²) in [6.45, 7) is 0.574. The molecule has 7 heteroatoms. The fourth-order valence-electron chi connectivity index (χ4n) is 2.12. The van der Waals surface area contributed by atoms with E-state index >= 15 is 0 Å². The minimum absolute atomic E-state index is 0.0413. The number of imidazole rings is 1. The molecule has 1 aromatic heterocycles. The van der Waals surface area contributed by atoms with E-state index in [-0.39, 0.29) is 6.42 Å². The Morgan fingerprint density at radius 3 is 2.71 bits per heavy atom. The Morgan fingerprint density at radius 2 is 2.05 bits per heavy atom. The first-order chi connectivity index (χ1) is 9.90. The van der Waals surface area contributed by atoms with E-state index in [0.717, 1.165) is 11.0 Å². The van der Waals surface area contributed by atoms with Gasteiger partial charge in [-0.1, -0.05) is 12.1 Å². The number of aryl methyl sites for hydroxylation is 1. The molecule has 1 aromatic carbocycles. The molecule has 21 heavy (non-hydrogen) atoms. The third kappa shape index (κ3) is 4.04. The smallest absolute Gasteiger partial charge is 0.364 e. The first-order valence-electron chi connectivity index (χ1n) is 6.51. The number of ketones is 1. The number of hydrogen-bond donors (Lipinski definition) is 0. The standard InChI is InChI=1S/C14H15F3N2O2/c1-2-19-12-6-4-3-5-11(12)18-13(19)7-10(20)8-21-9-14(15,16)17/h3-6H,2,7-9H2,1H3. The van der Waals surface area contributed by atoms with Crippen LogP contribution in [0.25, 0.3) is 11.0 Å². The second-order valence-corrected chi connectivity index (χ2v) is 4.58. The Hall–Kier alpha value is -1.89. The van der Waals surface area contributed by atoms with Gasteiger partial charge in [0.25, 0.3) is 0 Å². The van der Waals surface area contributed by atoms with Crippen molar-refractivity contribution in [3.8, 4) is 0 Å². The van der Waals surface area contributed by atoms with Crippen molar-refractivity contribution in [2.75, 3.05) is 13.2 Å². The fourth-order valence-corrected chi connectivity index (χ4v) is 2.12. The molecule has 0 aliphatic rings. The van der Waals surface area contributed by atoms with Crippen LogP contribution in [0.3, 0.4) is 0 Å². The predicted molar refractivity (Wildman–Crippen MR) is 71.0 cm³/mol. The zero-order valence-corrected chi connectivity index (χ0v) is 11.5. The van der Waals surface area contributed by atoms with Crippen LogP contribution >= 0.6 is 0 Å². The van der Waals surface area contributed by atoms with Crippen LogP contribution in [0, 0.1) is 0 Å². The van der Waals surface area contributed by atoms with Crippen LogP contribution in [-0.2, 0) is 22.5 Å². The SMILES string of the molecule is CCn1c(CC(=O)COCC(F)(F)F)nc2ccccc21. The highest BCUT2D eigenvalue weighted by Crippen LogP contribution is 2.17. The molecule has 4 nitrogen and oxygen atoms in total. The van der Waals surface area contributed by atoms with Crippen LogP contribution in [0.5, 0.6) is 0 Å². The van der Waals surface area contributed by atoms with Gasteiger partial charge >= 0.3 is 6.18 Å². The second-order valence-electron chi connectivity index (χ2n) is 4.58. The summed E-state index contributed by atoms with van der Waals surface area (Å²) in [5, 5.41) is 0. The van der Waals surface area contributed by atoms with Gasteiger partial charge in [-0.15, -0.1) is 0 Å². The predicted octanol–water partition coefficient (Wildman–Crippen LogP) is 2.75. The molecule has 1 heterocycles. The number of alkyl halides is 3. The van der Waals surface area contributed by atoms with Crippen LogP contribution in [-0.4, -0.2) is 34.7 Å². The van der Waals surface area contributed by atoms with E-state index < -0.39 is 25.2 Å². The first kappa shape index (κ1) is 15.5. The summed E-state index contributed by atoms with van der Waals surface area (Å²) < 4.78 is 42.1. The maximum Gasteiger partial charge on any atom is 0.411 e. The molecule has 0 saturated carbocycles. The lowest BCUT2D eigenvalue weighted by molar-refractivity contribution is -0.175. The molecule has 0 N–H and O–H groups in total. The highest BCUT2D eigenvalue weighted by molar-refractivity contribution is 5.83. The minimum Gasteiger partial charge on any atom is -0.364 e. The highest BCUT2D eigenvalue weighted by atomic mass is 19.4. The molecule has 2 rings (SSSR count). The van der Waals surface area contributed by atoms with E-state index in [1.807, 2.05) is 35.8 Å². The molecule has 0 spiro atoms. The molecule has 0 saturated heterocycles. The van der Waals surface area contributed by atoms with Gasteiger partial charge in [0.1, 0.15) is 19.0 Å². The Balaban J connectivity index is 2.04. The topological polar surface area (TPSA) is 44.1 Å². The first-order valence-corrected chi connectivity index (χ1v) is 6.51. The summed E-state index contributed by atoms with van der Waals surface area (Å²) in [7, 11) is 0. The Kier molecular flexibility index (Phi) is 4.62. The summed E-state index contributed by atoms with van der Waals surface area (Å²) in [4.78, 5) is 16.0. The van der Waals surface area contributed by atoms with Crippen LogP contribution in [0.1, 0.15) is 12.7 Å². The third-order valence-corrected chi connectivity index (χ3v) is 2.93. The number of aromatic nitrogens is 2. The van der Waals surface area contributed by atoms with Gasteiger partial charge < -0.3 is 9.30 Å². The number of fused-ring (bicyclic) bond motifs is 1. The number of benzene rings is 1. The number of halogens is 3. The van der Waals surface area contributed by atoms with Crippen molar-refractivity contribution in [2.45, 2.75) is 26.1 Å². The summed E-state index contributed by atoms with van der Waals surface area (Å²) >= 11 is 0. The molecule has 0 radical (unpaired) electrons. The number of ether oxygens (including phenoxy) is 1. The lowest BCUT2D eigenvalue weighted by Gasteiger charge is -2.08. The highest BCUT2D eigenvalue weighted by Gasteiger charge is 2.27. The van der Waals surface area contributed by atoms with Crippen molar-refractivity contribution in [2.24, 2.45) is 0 Å². The summed E-state index contributed by atoms with van der Waals surface area (Å²) in [6, 6.07) is 7.43. The van der Waals surface area contributed by atoms with Gasteiger partial charge in [0.05, 0.1) is 17.5 Å². The molecular formula is C14H15F3N2O2. The van der Waals surface area contributed by atoms with Crippen LogP contribution in [0.15, 0.2) is 24.3 Å². The van der Waals surface area contributed by atoms with Gasteiger partial charge in [-0.3, -0.25) is 4.79 Å². The largest absolute Gasteiger partial charge is 0.411 e. The van der Waals surface area contributed by atoms with E-state index in [0.29, 0.717) is 12.4 Å². The second kappa shape index (κ2) is 6.26. The minimum atomic E-state index is -4.42. The molecule has 0 atom stereocenters. The van der Waals surface area contributed by atoms with E-state index in [1.165, 1.54) is 0 Å². The molecule has 0 aliphatic heterocycles. The van der Waals surface area contributed by atoms with Crippen molar-refractivity contribution in [3.63, 3.8) is 0 Å². The molecular weight excluding hydrogens is 285 g/mol. The van der Waals surface area contributed by atoms with E-state index in [1.54, 1.807) is 0 Å². The van der Waals surface area contributed by atoms with Gasteiger partial charge in [0.15, 0.2) is 5.78 Å². The summed E-state index contributed by atoms with van der Waals surface area (Å²) in [5.41, 5.74) is 1.66. The maximum atomic E-state index is 11.9. The number of rotatable bonds is 6. The quantitative estimate of drug-likeness (QED) is 0.824. The third-order valence-electron chi connectivity index (χ3n) is 2.93. The van der Waals surface area contributed by atoms with Crippen molar-refractivity contribution in [1.29, 1.82) is 0 Å². The van der Waals surface area contributed by atoms with Gasteiger partial charge in [0, 0.05) is 6.54 Å². The fraction of sp³-hybridized carbons (Fsp3) is 0.429. The van der Waals surface area contributed by atoms with Crippen molar-refractivity contribution < 1.29 is 22.7 Å². The average Bonchev–Trinajstić information content (AvgIpc) is 2.74. The molecule has 114 valence electrons. The number of carbonyl (C=O) groups excluding carboxylic acids is 1. The van der Waals surface area contributed by atoms with Crippen LogP contribution in [0.4, 0.5) is 13.2 Å². The van der Waals surface area contributed by atoms with Gasteiger partial charge in [0.2, 0.25) is 0 Å². The Morgan fingerprint density at radius 1 is 1.33 bits per heavy atom. The van der Waals surface area contributed by atoms with Gasteiger partial charge in [-0.05, 0) is 19.1 Å². The number of Topliss-reactive ketones (excluding diaryl/α,β-unsaturated/α-hetero) is 1. The molecule has 0 unspecified atom stereocenters. The Labute approximate surface area is 119 Å². The monoisotopic (exact) mass is 300 g/mol. The number of para-hydroxylation sites is 2. The van der Waals surface area contributed by atoms with E-state index in [4.69, 9.17) is 0 Å². The molecule has 0 amide bonds. The number of nitrogens with zero attached hydrogens (tertiary/aromatic N) is 2. The molecule has 0 fully saturated rings. The van der Waals surface area contributed by atoms with E-state index in [9.17, 15) is 18.0 Å². The molecule has 2 aromatic rings. The zero-order chi connectivity index (χ0) is 15.5. The summed E-state index contributed by atoms with van der Waals surface area (Å²) in [5.74, 6) is 0.114. The maximum absolute atomic E-state index is 11.9. The lowest BCUT2D eigenvalue weighted by Crippen LogP contribution is -2.22. The normalized spacial score (nSPS) is 12.0. The number of hydrogen-bond acceptors (Lipinski definition) is 3. The Bertz CT molecular complexity index is 635. The van der Waals surface area contributed by atoms with Crippen molar-refractivity contribution >= 4 is 16.8 Å². The lowest BCUT2D eigenvalue weighted by atomic mass is 10.3. The molecule has 0 aliphatic carbocycles. The van der Waals surface area contributed by atoms with Gasteiger partial charge in [-0.2, -0.15) is 13.2 Å².